The molecule has 0 bridgehead atoms. The molecule has 0 spiro atoms. The van der Waals surface area contributed by atoms with Crippen LogP contribution in [0.1, 0.15) is 25.0 Å². The minimum atomic E-state index is -0.859. The van der Waals surface area contributed by atoms with Gasteiger partial charge in [-0.05, 0) is 43.5 Å². The summed E-state index contributed by atoms with van der Waals surface area (Å²) in [5, 5.41) is 21.5. The Balaban J connectivity index is 2.47. The molecule has 86 valence electrons. The van der Waals surface area contributed by atoms with E-state index in [2.05, 4.69) is 5.32 Å². The second kappa shape index (κ2) is 3.49. The van der Waals surface area contributed by atoms with E-state index in [9.17, 15) is 9.90 Å². The standard InChI is InChI=1S/C12H15NO3/c1-12(2)9-4-3-8(14)5-7(9)6-10(13-12)11(15)16/h3-5,10,13-14H,6H2,1-2H3,(H,15,16). The number of aromatic hydroxyl groups is 1. The van der Waals surface area contributed by atoms with Crippen molar-refractivity contribution in [3.63, 3.8) is 0 Å². The second-order valence-corrected chi connectivity index (χ2v) is 4.71. The van der Waals surface area contributed by atoms with Crippen LogP contribution in [0, 0.1) is 0 Å². The van der Waals surface area contributed by atoms with E-state index in [-0.39, 0.29) is 11.3 Å². The maximum atomic E-state index is 11.0. The maximum absolute atomic E-state index is 11.0. The first-order chi connectivity index (χ1) is 7.40. The van der Waals surface area contributed by atoms with Crippen molar-refractivity contribution in [2.45, 2.75) is 31.8 Å². The number of hydrogen-bond acceptors (Lipinski definition) is 3. The average molecular weight is 221 g/mol. The summed E-state index contributed by atoms with van der Waals surface area (Å²) in [4.78, 5) is 11.0. The summed E-state index contributed by atoms with van der Waals surface area (Å²) in [6.07, 6.45) is 0.405. The number of hydrogen-bond donors (Lipinski definition) is 3. The Hall–Kier alpha value is -1.55. The Labute approximate surface area is 93.9 Å². The molecular weight excluding hydrogens is 206 g/mol. The van der Waals surface area contributed by atoms with Gasteiger partial charge >= 0.3 is 5.97 Å². The number of nitrogens with one attached hydrogen (secondary N) is 1. The molecule has 0 saturated carbocycles. The number of carbonyl (C=O) groups is 1. The molecule has 2 rings (SSSR count). The van der Waals surface area contributed by atoms with Gasteiger partial charge in [0.15, 0.2) is 0 Å². The summed E-state index contributed by atoms with van der Waals surface area (Å²) in [5.74, 6) is -0.678. The third kappa shape index (κ3) is 1.76. The number of carboxylic acids is 1. The highest BCUT2D eigenvalue weighted by atomic mass is 16.4. The van der Waals surface area contributed by atoms with E-state index in [1.165, 1.54) is 0 Å². The highest BCUT2D eigenvalue weighted by Crippen LogP contribution is 2.32. The summed E-state index contributed by atoms with van der Waals surface area (Å²) < 4.78 is 0. The zero-order chi connectivity index (χ0) is 11.9. The van der Waals surface area contributed by atoms with Crippen molar-refractivity contribution in [2.75, 3.05) is 0 Å². The van der Waals surface area contributed by atoms with Crippen molar-refractivity contribution < 1.29 is 15.0 Å². The summed E-state index contributed by atoms with van der Waals surface area (Å²) in [6, 6.07) is 4.52. The molecule has 0 aliphatic carbocycles. The van der Waals surface area contributed by atoms with Gasteiger partial charge in [0, 0.05) is 5.54 Å². The monoisotopic (exact) mass is 221 g/mol. The van der Waals surface area contributed by atoms with E-state index in [0.717, 1.165) is 11.1 Å². The van der Waals surface area contributed by atoms with E-state index in [4.69, 9.17) is 5.11 Å². The summed E-state index contributed by atoms with van der Waals surface area (Å²) in [6.45, 7) is 3.88. The van der Waals surface area contributed by atoms with Crippen molar-refractivity contribution in [2.24, 2.45) is 0 Å². The molecule has 0 saturated heterocycles. The van der Waals surface area contributed by atoms with Crippen LogP contribution in [0.15, 0.2) is 18.2 Å². The predicted molar refractivity (Wildman–Crippen MR) is 59.4 cm³/mol. The lowest BCUT2D eigenvalue weighted by Crippen LogP contribution is -2.52. The summed E-state index contributed by atoms with van der Waals surface area (Å²) >= 11 is 0. The quantitative estimate of drug-likeness (QED) is 0.667. The van der Waals surface area contributed by atoms with Crippen molar-refractivity contribution in [1.29, 1.82) is 0 Å². The first-order valence-electron chi connectivity index (χ1n) is 5.23. The van der Waals surface area contributed by atoms with E-state index >= 15 is 0 Å². The molecule has 4 heteroatoms. The first-order valence-corrected chi connectivity index (χ1v) is 5.23. The molecule has 0 fully saturated rings. The zero-order valence-corrected chi connectivity index (χ0v) is 9.32. The number of fused-ring (bicyclic) bond motifs is 1. The van der Waals surface area contributed by atoms with Crippen LogP contribution < -0.4 is 5.32 Å². The van der Waals surface area contributed by atoms with Crippen LogP contribution >= 0.6 is 0 Å². The predicted octanol–water partition coefficient (Wildman–Crippen LogP) is 1.23. The van der Waals surface area contributed by atoms with Gasteiger partial charge in [-0.2, -0.15) is 0 Å². The minimum absolute atomic E-state index is 0.181. The lowest BCUT2D eigenvalue weighted by molar-refractivity contribution is -0.140. The Bertz CT molecular complexity index is 440. The van der Waals surface area contributed by atoms with Crippen LogP contribution in [0.2, 0.25) is 0 Å². The fraction of sp³-hybridized carbons (Fsp3) is 0.417. The molecule has 1 aliphatic heterocycles. The van der Waals surface area contributed by atoms with Gasteiger partial charge in [0.2, 0.25) is 0 Å². The van der Waals surface area contributed by atoms with Crippen molar-refractivity contribution >= 4 is 5.97 Å². The van der Waals surface area contributed by atoms with E-state index in [0.29, 0.717) is 6.42 Å². The van der Waals surface area contributed by atoms with Crippen LogP contribution in [-0.2, 0) is 16.8 Å². The maximum Gasteiger partial charge on any atom is 0.321 e. The fourth-order valence-electron chi connectivity index (χ4n) is 2.29. The van der Waals surface area contributed by atoms with Gasteiger partial charge < -0.3 is 10.2 Å². The molecule has 3 N–H and O–H groups in total. The molecule has 1 atom stereocenters. The molecular formula is C12H15NO3. The number of phenolic OH excluding ortho intramolecular Hbond substituents is 1. The fourth-order valence-corrected chi connectivity index (χ4v) is 2.29. The molecule has 4 nitrogen and oxygen atoms in total. The average Bonchev–Trinajstić information content (AvgIpc) is 2.15. The smallest absolute Gasteiger partial charge is 0.321 e. The van der Waals surface area contributed by atoms with Crippen LogP contribution in [0.5, 0.6) is 5.75 Å². The number of rotatable bonds is 1. The molecule has 0 aromatic heterocycles. The van der Waals surface area contributed by atoms with Crippen LogP contribution in [0.25, 0.3) is 0 Å². The topological polar surface area (TPSA) is 69.6 Å². The molecule has 1 aromatic carbocycles. The lowest BCUT2D eigenvalue weighted by Gasteiger charge is -2.37. The van der Waals surface area contributed by atoms with Gasteiger partial charge in [-0.15, -0.1) is 0 Å². The van der Waals surface area contributed by atoms with Crippen molar-refractivity contribution in [1.82, 2.24) is 5.32 Å². The Morgan fingerprint density at radius 2 is 2.19 bits per heavy atom. The number of aliphatic carboxylic acids is 1. The molecule has 1 aliphatic rings. The Morgan fingerprint density at radius 3 is 2.81 bits per heavy atom. The number of carboxylic acid groups (broad SMARTS) is 1. The Morgan fingerprint density at radius 1 is 1.50 bits per heavy atom. The van der Waals surface area contributed by atoms with Gasteiger partial charge in [-0.3, -0.25) is 10.1 Å². The van der Waals surface area contributed by atoms with E-state index < -0.39 is 12.0 Å². The second-order valence-electron chi connectivity index (χ2n) is 4.71. The molecule has 0 radical (unpaired) electrons. The molecule has 1 unspecified atom stereocenters. The Kier molecular flexibility index (Phi) is 2.39. The molecule has 1 heterocycles. The van der Waals surface area contributed by atoms with E-state index in [1.54, 1.807) is 12.1 Å². The van der Waals surface area contributed by atoms with Gasteiger partial charge in [0.05, 0.1) is 0 Å². The number of phenols is 1. The van der Waals surface area contributed by atoms with Gasteiger partial charge in [-0.1, -0.05) is 6.07 Å². The molecule has 16 heavy (non-hydrogen) atoms. The van der Waals surface area contributed by atoms with E-state index in [1.807, 2.05) is 19.9 Å². The summed E-state index contributed by atoms with van der Waals surface area (Å²) in [5.41, 5.74) is 1.56. The van der Waals surface area contributed by atoms with Crippen molar-refractivity contribution in [3.05, 3.63) is 29.3 Å². The summed E-state index contributed by atoms with van der Waals surface area (Å²) in [7, 11) is 0. The molecule has 0 amide bonds. The lowest BCUT2D eigenvalue weighted by atomic mass is 9.82. The van der Waals surface area contributed by atoms with Gasteiger partial charge in [0.1, 0.15) is 11.8 Å². The minimum Gasteiger partial charge on any atom is -0.508 e. The van der Waals surface area contributed by atoms with Crippen LogP contribution in [-0.4, -0.2) is 22.2 Å². The zero-order valence-electron chi connectivity index (χ0n) is 9.32. The largest absolute Gasteiger partial charge is 0.508 e. The van der Waals surface area contributed by atoms with Crippen LogP contribution in [0.4, 0.5) is 0 Å². The van der Waals surface area contributed by atoms with Gasteiger partial charge in [-0.25, -0.2) is 0 Å². The highest BCUT2D eigenvalue weighted by Gasteiger charge is 2.35. The van der Waals surface area contributed by atoms with Crippen molar-refractivity contribution in [3.8, 4) is 5.75 Å². The highest BCUT2D eigenvalue weighted by molar-refractivity contribution is 5.75. The van der Waals surface area contributed by atoms with Gasteiger partial charge in [0.25, 0.3) is 0 Å². The first kappa shape index (κ1) is 11.0. The van der Waals surface area contributed by atoms with Crippen LogP contribution in [0.3, 0.4) is 0 Å². The third-order valence-corrected chi connectivity index (χ3v) is 3.02. The SMILES string of the molecule is CC1(C)NC(C(=O)O)Cc2cc(O)ccc21. The normalized spacial score (nSPS) is 22.5. The number of benzene rings is 1. The third-order valence-electron chi connectivity index (χ3n) is 3.02. The molecule has 1 aromatic rings.